The number of para-hydroxylation sites is 1. The second-order valence-electron chi connectivity index (χ2n) is 5.32. The number of aromatic amines is 1. The fourth-order valence-corrected chi connectivity index (χ4v) is 2.52. The van der Waals surface area contributed by atoms with Crippen LogP contribution in [0.25, 0.3) is 0 Å². The number of aromatic nitrogens is 1. The first-order chi connectivity index (χ1) is 11.9. The van der Waals surface area contributed by atoms with Gasteiger partial charge in [0.2, 0.25) is 5.78 Å². The Balaban J connectivity index is 2.20. The summed E-state index contributed by atoms with van der Waals surface area (Å²) in [4.78, 5) is 38.8. The average Bonchev–Trinajstić information content (AvgIpc) is 2.93. The number of rotatable bonds is 6. The van der Waals surface area contributed by atoms with E-state index in [1.165, 1.54) is 14.2 Å². The first kappa shape index (κ1) is 18.3. The lowest BCUT2D eigenvalue weighted by atomic mass is 10.1. The highest BCUT2D eigenvalue weighted by molar-refractivity contribution is 6.02. The third-order valence-electron chi connectivity index (χ3n) is 3.76. The molecule has 25 heavy (non-hydrogen) atoms. The van der Waals surface area contributed by atoms with Gasteiger partial charge in [0.1, 0.15) is 11.3 Å². The number of Topliss-reactive ketones (excluding diaryl/α,β-unsaturated/α-hetero) is 1. The van der Waals surface area contributed by atoms with Crippen LogP contribution in [0.15, 0.2) is 24.3 Å². The van der Waals surface area contributed by atoms with E-state index in [-0.39, 0.29) is 29.4 Å². The molecule has 1 aromatic carbocycles. The van der Waals surface area contributed by atoms with Crippen LogP contribution in [0.4, 0.5) is 0 Å². The van der Waals surface area contributed by atoms with Gasteiger partial charge in [0, 0.05) is 5.69 Å². The topological polar surface area (TPSA) is 94.7 Å². The van der Waals surface area contributed by atoms with Crippen molar-refractivity contribution in [1.82, 2.24) is 4.98 Å². The predicted molar refractivity (Wildman–Crippen MR) is 89.2 cm³/mol. The van der Waals surface area contributed by atoms with Gasteiger partial charge in [-0.05, 0) is 31.5 Å². The largest absolute Gasteiger partial charge is 0.484 e. The van der Waals surface area contributed by atoms with Gasteiger partial charge in [0.05, 0.1) is 25.5 Å². The van der Waals surface area contributed by atoms with Gasteiger partial charge in [-0.3, -0.25) is 4.79 Å². The Morgan fingerprint density at radius 1 is 1.00 bits per heavy atom. The van der Waals surface area contributed by atoms with Gasteiger partial charge in [0.15, 0.2) is 6.61 Å². The smallest absolute Gasteiger partial charge is 0.341 e. The van der Waals surface area contributed by atoms with E-state index in [9.17, 15) is 14.4 Å². The van der Waals surface area contributed by atoms with E-state index >= 15 is 0 Å². The van der Waals surface area contributed by atoms with Crippen molar-refractivity contribution in [3.8, 4) is 5.75 Å². The van der Waals surface area contributed by atoms with Gasteiger partial charge in [-0.25, -0.2) is 9.59 Å². The molecule has 0 amide bonds. The fraction of sp³-hybridized carbons (Fsp3) is 0.278. The molecule has 2 rings (SSSR count). The van der Waals surface area contributed by atoms with Crippen LogP contribution in [0.5, 0.6) is 5.75 Å². The van der Waals surface area contributed by atoms with Crippen molar-refractivity contribution >= 4 is 17.7 Å². The molecule has 1 aromatic heterocycles. The Hall–Kier alpha value is -3.09. The minimum Gasteiger partial charge on any atom is -0.484 e. The van der Waals surface area contributed by atoms with Crippen LogP contribution in [0.1, 0.15) is 42.5 Å². The van der Waals surface area contributed by atoms with Gasteiger partial charge < -0.3 is 19.2 Å². The van der Waals surface area contributed by atoms with Crippen LogP contribution in [0.2, 0.25) is 0 Å². The number of hydrogen-bond donors (Lipinski definition) is 1. The summed E-state index contributed by atoms with van der Waals surface area (Å²) in [5.41, 5.74) is 1.88. The lowest BCUT2D eigenvalue weighted by Crippen LogP contribution is -2.15. The van der Waals surface area contributed by atoms with Gasteiger partial charge in [0.25, 0.3) is 0 Å². The molecule has 0 bridgehead atoms. The molecule has 0 aliphatic carbocycles. The van der Waals surface area contributed by atoms with E-state index in [4.69, 9.17) is 9.47 Å². The number of carbonyl (C=O) groups excluding carboxylic acids is 3. The monoisotopic (exact) mass is 345 g/mol. The normalized spacial score (nSPS) is 10.2. The summed E-state index contributed by atoms with van der Waals surface area (Å²) in [5, 5.41) is 0. The third-order valence-corrected chi connectivity index (χ3v) is 3.76. The lowest BCUT2D eigenvalue weighted by Gasteiger charge is -2.09. The minimum atomic E-state index is -0.553. The van der Waals surface area contributed by atoms with Crippen molar-refractivity contribution < 1.29 is 28.6 Å². The van der Waals surface area contributed by atoms with Crippen LogP contribution < -0.4 is 4.74 Å². The molecule has 0 atom stereocenters. The zero-order valence-electron chi connectivity index (χ0n) is 14.5. The number of aryl methyl sites for hydroxylation is 1. The van der Waals surface area contributed by atoms with Crippen molar-refractivity contribution in [3.63, 3.8) is 0 Å². The number of benzene rings is 1. The van der Waals surface area contributed by atoms with Crippen molar-refractivity contribution in [2.24, 2.45) is 0 Å². The molecule has 2 aromatic rings. The highest BCUT2D eigenvalue weighted by Gasteiger charge is 2.23. The molecule has 0 spiro atoms. The Kier molecular flexibility index (Phi) is 5.59. The van der Waals surface area contributed by atoms with Crippen LogP contribution in [0, 0.1) is 13.8 Å². The summed E-state index contributed by atoms with van der Waals surface area (Å²) in [6, 6.07) is 6.48. The van der Waals surface area contributed by atoms with Crippen LogP contribution in [-0.2, 0) is 9.47 Å². The molecule has 1 heterocycles. The van der Waals surface area contributed by atoms with E-state index in [0.29, 0.717) is 16.8 Å². The Bertz CT molecular complexity index is 821. The van der Waals surface area contributed by atoms with E-state index in [2.05, 4.69) is 9.72 Å². The summed E-state index contributed by atoms with van der Waals surface area (Å²) >= 11 is 0. The van der Waals surface area contributed by atoms with E-state index in [0.717, 1.165) is 0 Å². The highest BCUT2D eigenvalue weighted by atomic mass is 16.5. The number of H-pyrrole nitrogens is 1. The van der Waals surface area contributed by atoms with Crippen LogP contribution in [0.3, 0.4) is 0 Å². The molecule has 0 fully saturated rings. The van der Waals surface area contributed by atoms with Crippen molar-refractivity contribution in [1.29, 1.82) is 0 Å². The standard InChI is InChI=1S/C18H19NO6/c1-10-15(18(22)24-4)11(2)19-16(10)13(20)9-25-14-8-6-5-7-12(14)17(21)23-3/h5-8,19H,9H2,1-4H3. The maximum absolute atomic E-state index is 12.4. The number of methoxy groups -OCH3 is 2. The predicted octanol–water partition coefficient (Wildman–Crippen LogP) is 2.47. The summed E-state index contributed by atoms with van der Waals surface area (Å²) in [6.07, 6.45) is 0. The number of hydrogen-bond acceptors (Lipinski definition) is 6. The van der Waals surface area contributed by atoms with Gasteiger partial charge >= 0.3 is 11.9 Å². The number of ether oxygens (including phenoxy) is 3. The molecular weight excluding hydrogens is 326 g/mol. The molecule has 0 unspecified atom stereocenters. The number of nitrogens with one attached hydrogen (secondary N) is 1. The molecule has 7 heteroatoms. The van der Waals surface area contributed by atoms with E-state index in [1.807, 2.05) is 0 Å². The number of esters is 2. The van der Waals surface area contributed by atoms with E-state index in [1.54, 1.807) is 38.1 Å². The summed E-state index contributed by atoms with van der Waals surface area (Å²) in [6.45, 7) is 3.05. The lowest BCUT2D eigenvalue weighted by molar-refractivity contribution is 0.0587. The molecule has 0 saturated heterocycles. The van der Waals surface area contributed by atoms with E-state index < -0.39 is 11.9 Å². The summed E-state index contributed by atoms with van der Waals surface area (Å²) in [7, 11) is 2.55. The molecule has 132 valence electrons. The van der Waals surface area contributed by atoms with Crippen molar-refractivity contribution in [3.05, 3.63) is 52.3 Å². The Labute approximate surface area is 144 Å². The Morgan fingerprint density at radius 3 is 2.28 bits per heavy atom. The summed E-state index contributed by atoms with van der Waals surface area (Å²) < 4.78 is 14.9. The third kappa shape index (κ3) is 3.71. The molecule has 7 nitrogen and oxygen atoms in total. The first-order valence-corrected chi connectivity index (χ1v) is 7.51. The van der Waals surface area contributed by atoms with Crippen molar-refractivity contribution in [2.45, 2.75) is 13.8 Å². The number of carbonyl (C=O) groups is 3. The zero-order valence-corrected chi connectivity index (χ0v) is 14.5. The van der Waals surface area contributed by atoms with Gasteiger partial charge in [-0.1, -0.05) is 12.1 Å². The quantitative estimate of drug-likeness (QED) is 0.638. The number of ketones is 1. The maximum atomic E-state index is 12.4. The SMILES string of the molecule is COC(=O)c1ccccc1OCC(=O)c1[nH]c(C)c(C(=O)OC)c1C. The van der Waals surface area contributed by atoms with Crippen LogP contribution in [-0.4, -0.2) is 43.5 Å². The molecule has 0 saturated carbocycles. The molecule has 1 N–H and O–H groups in total. The summed E-state index contributed by atoms with van der Waals surface area (Å²) in [5.74, 6) is -1.17. The maximum Gasteiger partial charge on any atom is 0.341 e. The average molecular weight is 345 g/mol. The molecular formula is C18H19NO6. The highest BCUT2D eigenvalue weighted by Crippen LogP contribution is 2.21. The van der Waals surface area contributed by atoms with Crippen molar-refractivity contribution in [2.75, 3.05) is 20.8 Å². The second-order valence-corrected chi connectivity index (χ2v) is 5.32. The second kappa shape index (κ2) is 7.65. The molecule has 0 radical (unpaired) electrons. The minimum absolute atomic E-state index is 0.229. The fourth-order valence-electron chi connectivity index (χ4n) is 2.52. The van der Waals surface area contributed by atoms with Gasteiger partial charge in [-0.2, -0.15) is 0 Å². The zero-order chi connectivity index (χ0) is 18.6. The van der Waals surface area contributed by atoms with Gasteiger partial charge in [-0.15, -0.1) is 0 Å². The van der Waals surface area contributed by atoms with Crippen LogP contribution >= 0.6 is 0 Å². The first-order valence-electron chi connectivity index (χ1n) is 7.51. The molecule has 0 aliphatic heterocycles. The Morgan fingerprint density at radius 2 is 1.64 bits per heavy atom. The molecule has 0 aliphatic rings.